The first-order chi connectivity index (χ1) is 13.3. The molecule has 3 aromatic carbocycles. The molecule has 0 radical (unpaired) electrons. The third-order valence-electron chi connectivity index (χ3n) is 5.73. The molecule has 1 heterocycles. The highest BCUT2D eigenvalue weighted by atomic mass is 31.1. The van der Waals surface area contributed by atoms with E-state index in [9.17, 15) is 0 Å². The lowest BCUT2D eigenvalue weighted by molar-refractivity contribution is 0.207. The molecule has 2 atom stereocenters. The highest BCUT2D eigenvalue weighted by Crippen LogP contribution is 2.40. The Morgan fingerprint density at radius 2 is 1.33 bits per heavy atom. The van der Waals surface area contributed by atoms with Gasteiger partial charge >= 0.3 is 0 Å². The minimum atomic E-state index is -0.324. The van der Waals surface area contributed by atoms with E-state index in [2.05, 4.69) is 103 Å². The highest BCUT2D eigenvalue weighted by Gasteiger charge is 2.31. The van der Waals surface area contributed by atoms with Crippen LogP contribution in [0.2, 0.25) is 0 Å². The summed E-state index contributed by atoms with van der Waals surface area (Å²) in [6, 6.07) is 34.4. The summed E-state index contributed by atoms with van der Waals surface area (Å²) in [5.74, 6) is 0. The third kappa shape index (κ3) is 4.32. The van der Waals surface area contributed by atoms with Gasteiger partial charge in [0.2, 0.25) is 0 Å². The molecule has 0 bridgehead atoms. The van der Waals surface area contributed by atoms with Gasteiger partial charge in [-0.2, -0.15) is 0 Å². The van der Waals surface area contributed by atoms with Crippen LogP contribution in [0.4, 0.5) is 0 Å². The molecular weight excluding hydrogens is 345 g/mol. The van der Waals surface area contributed by atoms with Crippen molar-refractivity contribution in [1.82, 2.24) is 4.90 Å². The fourth-order valence-electron chi connectivity index (χ4n) is 4.27. The molecular formula is C25H28NP. The van der Waals surface area contributed by atoms with Gasteiger partial charge in [0.15, 0.2) is 0 Å². The van der Waals surface area contributed by atoms with Crippen LogP contribution in [0.1, 0.15) is 31.4 Å². The lowest BCUT2D eigenvalue weighted by atomic mass is 10.1. The summed E-state index contributed by atoms with van der Waals surface area (Å²) in [6.07, 6.45) is 3.88. The summed E-state index contributed by atoms with van der Waals surface area (Å²) in [6.45, 7) is 3.59. The average molecular weight is 373 g/mol. The van der Waals surface area contributed by atoms with Crippen molar-refractivity contribution in [2.24, 2.45) is 0 Å². The molecule has 3 aromatic rings. The van der Waals surface area contributed by atoms with Crippen LogP contribution >= 0.6 is 7.92 Å². The Balaban J connectivity index is 1.59. The number of rotatable bonds is 6. The Kier molecular flexibility index (Phi) is 6.02. The largest absolute Gasteiger partial charge is 0.293 e. The zero-order valence-corrected chi connectivity index (χ0v) is 16.9. The predicted molar refractivity (Wildman–Crippen MR) is 119 cm³/mol. The van der Waals surface area contributed by atoms with Crippen LogP contribution in [-0.2, 0) is 0 Å². The Bertz CT molecular complexity index is 779. The summed E-state index contributed by atoms with van der Waals surface area (Å²) in [5.41, 5.74) is 1.44. The van der Waals surface area contributed by atoms with E-state index in [1.807, 2.05) is 0 Å². The molecule has 0 amide bonds. The normalized spacial score (nSPS) is 18.7. The Morgan fingerprint density at radius 3 is 1.89 bits per heavy atom. The molecule has 0 saturated carbocycles. The van der Waals surface area contributed by atoms with Crippen molar-refractivity contribution in [3.8, 4) is 0 Å². The van der Waals surface area contributed by atoms with E-state index in [4.69, 9.17) is 0 Å². The van der Waals surface area contributed by atoms with Gasteiger partial charge in [0.05, 0.1) is 0 Å². The molecule has 0 aliphatic carbocycles. The van der Waals surface area contributed by atoms with Gasteiger partial charge in [-0.05, 0) is 56.6 Å². The van der Waals surface area contributed by atoms with E-state index in [0.717, 1.165) is 0 Å². The van der Waals surface area contributed by atoms with Gasteiger partial charge in [0, 0.05) is 12.1 Å². The lowest BCUT2D eigenvalue weighted by Gasteiger charge is -2.33. The molecule has 1 fully saturated rings. The molecule has 0 unspecified atom stereocenters. The van der Waals surface area contributed by atoms with Crippen molar-refractivity contribution in [2.75, 3.05) is 12.7 Å². The molecule has 138 valence electrons. The molecule has 1 nitrogen and oxygen atoms in total. The second-order valence-corrected chi connectivity index (χ2v) is 9.66. The van der Waals surface area contributed by atoms with Crippen molar-refractivity contribution >= 4 is 18.5 Å². The molecule has 1 aliphatic heterocycles. The first kappa shape index (κ1) is 18.4. The Morgan fingerprint density at radius 1 is 0.815 bits per heavy atom. The Labute approximate surface area is 164 Å². The predicted octanol–water partition coefficient (Wildman–Crippen LogP) is 5.34. The summed E-state index contributed by atoms with van der Waals surface area (Å²) in [4.78, 5) is 2.75. The fourth-order valence-corrected chi connectivity index (χ4v) is 6.87. The molecule has 1 aliphatic rings. The average Bonchev–Trinajstić information content (AvgIpc) is 3.21. The van der Waals surface area contributed by atoms with Crippen LogP contribution in [0.25, 0.3) is 0 Å². The van der Waals surface area contributed by atoms with Crippen LogP contribution in [0, 0.1) is 0 Å². The van der Waals surface area contributed by atoms with Gasteiger partial charge in [0.1, 0.15) is 0 Å². The zero-order valence-electron chi connectivity index (χ0n) is 16.0. The van der Waals surface area contributed by atoms with Crippen LogP contribution in [-0.4, -0.2) is 23.6 Å². The molecule has 27 heavy (non-hydrogen) atoms. The van der Waals surface area contributed by atoms with Crippen molar-refractivity contribution in [3.05, 3.63) is 96.6 Å². The second kappa shape index (κ2) is 8.83. The van der Waals surface area contributed by atoms with Gasteiger partial charge in [0.25, 0.3) is 0 Å². The maximum absolute atomic E-state index is 2.75. The molecule has 0 N–H and O–H groups in total. The summed E-state index contributed by atoms with van der Waals surface area (Å²) in [7, 11) is -0.324. The van der Waals surface area contributed by atoms with Crippen LogP contribution < -0.4 is 10.6 Å². The molecule has 4 rings (SSSR count). The smallest absolute Gasteiger partial charge is 0.0322 e. The summed E-state index contributed by atoms with van der Waals surface area (Å²) < 4.78 is 0. The second-order valence-electron chi connectivity index (χ2n) is 7.40. The number of hydrogen-bond acceptors (Lipinski definition) is 1. The van der Waals surface area contributed by atoms with Crippen molar-refractivity contribution < 1.29 is 0 Å². The van der Waals surface area contributed by atoms with Crippen LogP contribution in [0.3, 0.4) is 0 Å². The first-order valence-corrected chi connectivity index (χ1v) is 11.5. The van der Waals surface area contributed by atoms with Gasteiger partial charge in [-0.1, -0.05) is 91.0 Å². The van der Waals surface area contributed by atoms with E-state index in [-0.39, 0.29) is 7.92 Å². The maximum atomic E-state index is 2.75. The van der Waals surface area contributed by atoms with E-state index >= 15 is 0 Å². The zero-order chi connectivity index (χ0) is 18.5. The third-order valence-corrected chi connectivity index (χ3v) is 8.36. The van der Waals surface area contributed by atoms with Crippen LogP contribution in [0.15, 0.2) is 91.0 Å². The van der Waals surface area contributed by atoms with E-state index < -0.39 is 0 Å². The quantitative estimate of drug-likeness (QED) is 0.527. The van der Waals surface area contributed by atoms with Crippen molar-refractivity contribution in [3.63, 3.8) is 0 Å². The monoisotopic (exact) mass is 373 g/mol. The van der Waals surface area contributed by atoms with Gasteiger partial charge in [-0.15, -0.1) is 0 Å². The number of benzene rings is 3. The minimum Gasteiger partial charge on any atom is -0.293 e. The first-order valence-electron chi connectivity index (χ1n) is 10.0. The van der Waals surface area contributed by atoms with Gasteiger partial charge in [-0.25, -0.2) is 0 Å². The van der Waals surface area contributed by atoms with E-state index in [1.54, 1.807) is 0 Å². The van der Waals surface area contributed by atoms with E-state index in [0.29, 0.717) is 12.1 Å². The summed E-state index contributed by atoms with van der Waals surface area (Å²) >= 11 is 0. The van der Waals surface area contributed by atoms with Gasteiger partial charge < -0.3 is 0 Å². The Hall–Kier alpha value is -1.95. The molecule has 0 spiro atoms. The van der Waals surface area contributed by atoms with E-state index in [1.165, 1.54) is 41.7 Å². The summed E-state index contributed by atoms with van der Waals surface area (Å²) in [5, 5.41) is 3.00. The maximum Gasteiger partial charge on any atom is 0.0322 e. The van der Waals surface area contributed by atoms with Crippen molar-refractivity contribution in [1.29, 1.82) is 0 Å². The fraction of sp³-hybridized carbons (Fsp3) is 0.280. The van der Waals surface area contributed by atoms with Crippen LogP contribution in [0.5, 0.6) is 0 Å². The minimum absolute atomic E-state index is 0.324. The number of hydrogen-bond donors (Lipinski definition) is 0. The van der Waals surface area contributed by atoms with Gasteiger partial charge in [-0.3, -0.25) is 4.90 Å². The lowest BCUT2D eigenvalue weighted by Crippen LogP contribution is -2.36. The topological polar surface area (TPSA) is 3.24 Å². The SMILES string of the molecule is C[C@@H](c1ccccc1)N1CCC[C@H]1CP(c1ccccc1)c1ccccc1. The van der Waals surface area contributed by atoms with Crippen molar-refractivity contribution in [2.45, 2.75) is 31.8 Å². The number of nitrogens with zero attached hydrogens (tertiary/aromatic N) is 1. The number of likely N-dealkylation sites (tertiary alicyclic amines) is 1. The molecule has 0 aromatic heterocycles. The molecule has 2 heteroatoms. The highest BCUT2D eigenvalue weighted by molar-refractivity contribution is 7.73. The standard InChI is InChI=1S/C25H28NP/c1-21(22-12-5-2-6-13-22)26-19-11-14-23(26)20-27(24-15-7-3-8-16-24)25-17-9-4-10-18-25/h2-10,12-13,15-18,21,23H,11,14,19-20H2,1H3/t21-,23-/m0/s1. The molecule has 1 saturated heterocycles.